The Morgan fingerprint density at radius 3 is 2.46 bits per heavy atom. The number of aryl methyl sites for hydroxylation is 1. The topological polar surface area (TPSA) is 132 Å². The fourth-order valence-corrected chi connectivity index (χ4v) is 6.27. The number of ketones is 1. The van der Waals surface area contributed by atoms with E-state index in [2.05, 4.69) is 4.57 Å². The van der Waals surface area contributed by atoms with Crippen LogP contribution >= 0.6 is 0 Å². The number of Topliss-reactive ketones (excluding diaryl/α,β-unsaturated/α-hetero) is 1. The molecule has 0 aliphatic heterocycles. The van der Waals surface area contributed by atoms with Crippen molar-refractivity contribution < 1.29 is 27.9 Å². The van der Waals surface area contributed by atoms with Crippen molar-refractivity contribution in [2.75, 3.05) is 20.2 Å². The average Bonchev–Trinajstić information content (AvgIpc) is 3.25. The minimum Gasteiger partial charge on any atom is -0.485 e. The fraction of sp³-hybridized carbons (Fsp3) is 0.484. The van der Waals surface area contributed by atoms with Crippen LogP contribution in [0.2, 0.25) is 0 Å². The zero-order valence-corrected chi connectivity index (χ0v) is 24.8. The van der Waals surface area contributed by atoms with E-state index in [0.717, 1.165) is 52.1 Å². The third-order valence-corrected chi connectivity index (χ3v) is 9.20. The standard InChI is InChI=1S/C31H41N3O6S/c1-33(41(32,38)39)19-11-4-3-8-14-24(35)21-40-28-16-10-9-15-26(28)30-29(22-12-6-5-7-13-22)25-18-17-23(31(36)37)20-27(25)34(30)2/h9-10,15-18,20,22H,3-8,11-14,19,21H2,1-2H3,(H,36,37)(H2,32,38,39). The molecule has 1 heterocycles. The predicted octanol–water partition coefficient (Wildman–Crippen LogP) is 5.62. The van der Waals surface area contributed by atoms with Crippen molar-refractivity contribution >= 4 is 32.9 Å². The summed E-state index contributed by atoms with van der Waals surface area (Å²) in [4.78, 5) is 24.4. The Kier molecular flexibility index (Phi) is 10.2. The second-order valence-electron chi connectivity index (χ2n) is 11.0. The molecule has 41 heavy (non-hydrogen) atoms. The summed E-state index contributed by atoms with van der Waals surface area (Å²) in [6, 6.07) is 13.1. The molecule has 1 aliphatic rings. The molecule has 0 atom stereocenters. The van der Waals surface area contributed by atoms with Crippen LogP contribution in [0.15, 0.2) is 42.5 Å². The number of hydrogen-bond acceptors (Lipinski definition) is 5. The number of ether oxygens (including phenoxy) is 1. The van der Waals surface area contributed by atoms with Gasteiger partial charge in [0.05, 0.1) is 11.3 Å². The maximum atomic E-state index is 12.7. The van der Waals surface area contributed by atoms with Gasteiger partial charge in [0.25, 0.3) is 10.2 Å². The van der Waals surface area contributed by atoms with Crippen LogP contribution in [0.25, 0.3) is 22.2 Å². The monoisotopic (exact) mass is 583 g/mol. The molecule has 0 unspecified atom stereocenters. The van der Waals surface area contributed by atoms with E-state index < -0.39 is 16.2 Å². The van der Waals surface area contributed by atoms with E-state index in [-0.39, 0.29) is 18.0 Å². The van der Waals surface area contributed by atoms with Crippen molar-refractivity contribution in [1.82, 2.24) is 8.87 Å². The Morgan fingerprint density at radius 1 is 1.05 bits per heavy atom. The molecule has 222 valence electrons. The highest BCUT2D eigenvalue weighted by Gasteiger charge is 2.27. The molecule has 10 heteroatoms. The van der Waals surface area contributed by atoms with Gasteiger partial charge in [-0.3, -0.25) is 4.79 Å². The summed E-state index contributed by atoms with van der Waals surface area (Å²) < 4.78 is 31.8. The molecular formula is C31H41N3O6S. The number of nitrogens with two attached hydrogens (primary N) is 1. The van der Waals surface area contributed by atoms with E-state index in [0.29, 0.717) is 37.5 Å². The third kappa shape index (κ3) is 7.55. The molecule has 9 nitrogen and oxygen atoms in total. The van der Waals surface area contributed by atoms with Crippen molar-refractivity contribution in [2.24, 2.45) is 12.2 Å². The van der Waals surface area contributed by atoms with Crippen molar-refractivity contribution in [3.8, 4) is 17.0 Å². The number of carboxylic acid groups (broad SMARTS) is 1. The first-order chi connectivity index (χ1) is 19.6. The number of para-hydroxylation sites is 1. The summed E-state index contributed by atoms with van der Waals surface area (Å²) in [6.07, 6.45) is 9.18. The van der Waals surface area contributed by atoms with Gasteiger partial charge in [-0.25, -0.2) is 9.93 Å². The summed E-state index contributed by atoms with van der Waals surface area (Å²) in [5.41, 5.74) is 4.28. The van der Waals surface area contributed by atoms with Crippen molar-refractivity contribution in [2.45, 2.75) is 70.1 Å². The lowest BCUT2D eigenvalue weighted by Gasteiger charge is -2.24. The third-order valence-electron chi connectivity index (χ3n) is 8.14. The van der Waals surface area contributed by atoms with Gasteiger partial charge in [-0.1, -0.05) is 50.3 Å². The number of nitrogens with zero attached hydrogens (tertiary/aromatic N) is 2. The van der Waals surface area contributed by atoms with E-state index in [9.17, 15) is 23.1 Å². The molecule has 3 aromatic rings. The normalized spacial score (nSPS) is 14.5. The molecule has 1 saturated carbocycles. The smallest absolute Gasteiger partial charge is 0.335 e. The van der Waals surface area contributed by atoms with Crippen LogP contribution in [-0.2, 0) is 22.1 Å². The number of carbonyl (C=O) groups excluding carboxylic acids is 1. The SMILES string of the molecule is CN(CCCCCCC(=O)COc1ccccc1-c1c(C2CCCCC2)c2ccc(C(=O)O)cc2n1C)S(N)(=O)=O. The van der Waals surface area contributed by atoms with Crippen molar-refractivity contribution in [3.05, 3.63) is 53.6 Å². The first-order valence-corrected chi connectivity index (χ1v) is 15.9. The highest BCUT2D eigenvalue weighted by Crippen LogP contribution is 2.45. The lowest BCUT2D eigenvalue weighted by molar-refractivity contribution is -0.121. The molecule has 1 aliphatic carbocycles. The maximum absolute atomic E-state index is 12.7. The second kappa shape index (κ2) is 13.6. The van der Waals surface area contributed by atoms with Gasteiger partial charge >= 0.3 is 5.97 Å². The Balaban J connectivity index is 1.48. The largest absolute Gasteiger partial charge is 0.485 e. The number of aromatic carboxylic acids is 1. The molecule has 0 amide bonds. The number of carboxylic acids is 1. The number of rotatable bonds is 14. The molecule has 0 bridgehead atoms. The molecule has 3 N–H and O–H groups in total. The summed E-state index contributed by atoms with van der Waals surface area (Å²) in [5.74, 6) is 0.0647. The Hall–Kier alpha value is -3.21. The van der Waals surface area contributed by atoms with Crippen LogP contribution < -0.4 is 9.88 Å². The van der Waals surface area contributed by atoms with Crippen LogP contribution in [0.4, 0.5) is 0 Å². The Morgan fingerprint density at radius 2 is 1.76 bits per heavy atom. The van der Waals surface area contributed by atoms with Gasteiger partial charge in [-0.15, -0.1) is 0 Å². The molecule has 2 aromatic carbocycles. The van der Waals surface area contributed by atoms with Crippen molar-refractivity contribution in [1.29, 1.82) is 0 Å². The van der Waals surface area contributed by atoms with Crippen LogP contribution in [-0.4, -0.2) is 54.3 Å². The van der Waals surface area contributed by atoms with Crippen LogP contribution in [0.1, 0.15) is 86.0 Å². The molecular weight excluding hydrogens is 542 g/mol. The predicted molar refractivity (Wildman–Crippen MR) is 160 cm³/mol. The maximum Gasteiger partial charge on any atom is 0.335 e. The van der Waals surface area contributed by atoms with Crippen LogP contribution in [0.5, 0.6) is 5.75 Å². The zero-order valence-electron chi connectivity index (χ0n) is 24.0. The second-order valence-corrected chi connectivity index (χ2v) is 12.7. The molecule has 0 saturated heterocycles. The molecule has 1 fully saturated rings. The van der Waals surface area contributed by atoms with E-state index in [1.54, 1.807) is 12.1 Å². The van der Waals surface area contributed by atoms with Crippen LogP contribution in [0, 0.1) is 0 Å². The zero-order chi connectivity index (χ0) is 29.6. The highest BCUT2D eigenvalue weighted by molar-refractivity contribution is 7.86. The molecule has 4 rings (SSSR count). The van der Waals surface area contributed by atoms with Crippen molar-refractivity contribution in [3.63, 3.8) is 0 Å². The number of fused-ring (bicyclic) bond motifs is 1. The number of hydrogen-bond donors (Lipinski definition) is 2. The van der Waals surface area contributed by atoms with Gasteiger partial charge in [0.15, 0.2) is 5.78 Å². The van der Waals surface area contributed by atoms with Crippen LogP contribution in [0.3, 0.4) is 0 Å². The Labute approximate surface area is 242 Å². The van der Waals surface area contributed by atoms with E-state index >= 15 is 0 Å². The summed E-state index contributed by atoms with van der Waals surface area (Å²) in [7, 11) is -0.228. The van der Waals surface area contributed by atoms with E-state index in [1.807, 2.05) is 37.4 Å². The Bertz CT molecular complexity index is 1490. The lowest BCUT2D eigenvalue weighted by Crippen LogP contribution is -2.33. The molecule has 0 radical (unpaired) electrons. The lowest BCUT2D eigenvalue weighted by atomic mass is 9.81. The number of carbonyl (C=O) groups is 2. The quantitative estimate of drug-likeness (QED) is 0.237. The minimum absolute atomic E-state index is 0.0112. The number of unbranched alkanes of at least 4 members (excludes halogenated alkanes) is 3. The first kappa shape index (κ1) is 30.7. The van der Waals surface area contributed by atoms with Gasteiger partial charge < -0.3 is 14.4 Å². The summed E-state index contributed by atoms with van der Waals surface area (Å²) in [5, 5.41) is 15.8. The first-order valence-electron chi connectivity index (χ1n) is 14.4. The molecule has 0 spiro atoms. The summed E-state index contributed by atoms with van der Waals surface area (Å²) in [6.45, 7) is 0.332. The fourth-order valence-electron chi connectivity index (χ4n) is 5.88. The van der Waals surface area contributed by atoms with Gasteiger partial charge in [0, 0.05) is 43.5 Å². The average molecular weight is 584 g/mol. The van der Waals surface area contributed by atoms with Gasteiger partial charge in [-0.2, -0.15) is 12.7 Å². The molecule has 1 aromatic heterocycles. The minimum atomic E-state index is -3.65. The number of aromatic nitrogens is 1. The summed E-state index contributed by atoms with van der Waals surface area (Å²) >= 11 is 0. The van der Waals surface area contributed by atoms with E-state index in [4.69, 9.17) is 9.88 Å². The van der Waals surface area contributed by atoms with Gasteiger partial charge in [0.2, 0.25) is 0 Å². The van der Waals surface area contributed by atoms with Gasteiger partial charge in [0.1, 0.15) is 12.4 Å². The number of benzene rings is 2. The van der Waals surface area contributed by atoms with E-state index in [1.165, 1.54) is 31.9 Å². The van der Waals surface area contributed by atoms with Gasteiger partial charge in [-0.05, 0) is 61.4 Å². The highest BCUT2D eigenvalue weighted by atomic mass is 32.2.